The molecule has 0 bridgehead atoms. The highest BCUT2D eigenvalue weighted by Gasteiger charge is 2.31. The maximum Gasteiger partial charge on any atom is 0.307 e. The van der Waals surface area contributed by atoms with Crippen molar-refractivity contribution in [3.63, 3.8) is 0 Å². The molecular formula is C15H17NO3. The first-order valence-corrected chi connectivity index (χ1v) is 6.52. The van der Waals surface area contributed by atoms with E-state index in [1.54, 1.807) is 0 Å². The Morgan fingerprint density at radius 3 is 2.89 bits per heavy atom. The van der Waals surface area contributed by atoms with Crippen LogP contribution in [0.2, 0.25) is 0 Å². The third-order valence-electron chi connectivity index (χ3n) is 4.09. The number of aryl methyl sites for hydroxylation is 2. The zero-order valence-electron chi connectivity index (χ0n) is 11.1. The highest BCUT2D eigenvalue weighted by Crippen LogP contribution is 2.35. The fourth-order valence-electron chi connectivity index (χ4n) is 2.82. The molecule has 100 valence electrons. The van der Waals surface area contributed by atoms with Gasteiger partial charge in [-0.2, -0.15) is 0 Å². The Morgan fingerprint density at radius 1 is 1.42 bits per heavy atom. The van der Waals surface area contributed by atoms with Crippen LogP contribution in [0.4, 0.5) is 0 Å². The lowest BCUT2D eigenvalue weighted by molar-refractivity contribution is -0.141. The van der Waals surface area contributed by atoms with Gasteiger partial charge in [0.05, 0.1) is 5.92 Å². The third kappa shape index (κ3) is 1.92. The van der Waals surface area contributed by atoms with E-state index in [9.17, 15) is 4.79 Å². The van der Waals surface area contributed by atoms with Gasteiger partial charge in [0.2, 0.25) is 0 Å². The minimum atomic E-state index is -0.728. The molecule has 1 saturated heterocycles. The second-order valence-electron chi connectivity index (χ2n) is 5.24. The van der Waals surface area contributed by atoms with Gasteiger partial charge in [-0.25, -0.2) is 0 Å². The minimum Gasteiger partial charge on any atom is -0.481 e. The number of benzene rings is 1. The molecule has 2 N–H and O–H groups in total. The highest BCUT2D eigenvalue weighted by atomic mass is 16.4. The first-order valence-electron chi connectivity index (χ1n) is 6.52. The molecule has 3 rings (SSSR count). The molecule has 1 aliphatic heterocycles. The molecular weight excluding hydrogens is 242 g/mol. The summed E-state index contributed by atoms with van der Waals surface area (Å²) in [5, 5.41) is 13.5. The van der Waals surface area contributed by atoms with Gasteiger partial charge in [0, 0.05) is 23.5 Å². The van der Waals surface area contributed by atoms with Gasteiger partial charge >= 0.3 is 5.97 Å². The first kappa shape index (κ1) is 12.2. The number of nitrogens with one attached hydrogen (secondary N) is 1. The summed E-state index contributed by atoms with van der Waals surface area (Å²) in [7, 11) is 0. The minimum absolute atomic E-state index is 0.0646. The number of furan rings is 1. The average molecular weight is 259 g/mol. The molecule has 0 amide bonds. The summed E-state index contributed by atoms with van der Waals surface area (Å²) >= 11 is 0. The van der Waals surface area contributed by atoms with E-state index in [1.165, 1.54) is 0 Å². The Kier molecular flexibility index (Phi) is 2.82. The van der Waals surface area contributed by atoms with Crippen molar-refractivity contribution in [2.75, 3.05) is 6.54 Å². The number of rotatable bonds is 2. The van der Waals surface area contributed by atoms with Gasteiger partial charge < -0.3 is 14.8 Å². The van der Waals surface area contributed by atoms with Gasteiger partial charge in [-0.1, -0.05) is 18.2 Å². The lowest BCUT2D eigenvalue weighted by Gasteiger charge is -2.10. The number of para-hydroxylation sites is 1. The highest BCUT2D eigenvalue weighted by molar-refractivity contribution is 5.85. The van der Waals surface area contributed by atoms with E-state index in [4.69, 9.17) is 9.52 Å². The molecule has 4 nitrogen and oxygen atoms in total. The molecule has 2 heterocycles. The Balaban J connectivity index is 2.02. The lowest BCUT2D eigenvalue weighted by atomic mass is 9.98. The van der Waals surface area contributed by atoms with Gasteiger partial charge in [0.1, 0.15) is 11.3 Å². The normalized spacial score (nSPS) is 23.1. The zero-order valence-corrected chi connectivity index (χ0v) is 11.1. The second-order valence-corrected chi connectivity index (χ2v) is 5.24. The van der Waals surface area contributed by atoms with E-state index in [0.717, 1.165) is 27.9 Å². The Bertz CT molecular complexity index is 644. The van der Waals surface area contributed by atoms with Gasteiger partial charge in [-0.3, -0.25) is 4.79 Å². The van der Waals surface area contributed by atoms with Crippen molar-refractivity contribution in [1.29, 1.82) is 0 Å². The van der Waals surface area contributed by atoms with Crippen LogP contribution in [0.1, 0.15) is 29.3 Å². The van der Waals surface area contributed by atoms with Crippen molar-refractivity contribution in [2.45, 2.75) is 26.3 Å². The van der Waals surface area contributed by atoms with Crippen LogP contribution < -0.4 is 5.32 Å². The zero-order chi connectivity index (χ0) is 13.6. The number of carbonyl (C=O) groups is 1. The second kappa shape index (κ2) is 4.38. The first-order chi connectivity index (χ1) is 9.08. The summed E-state index contributed by atoms with van der Waals surface area (Å²) in [6, 6.07) is 6.14. The maximum absolute atomic E-state index is 11.0. The van der Waals surface area contributed by atoms with Gasteiger partial charge in [0.25, 0.3) is 0 Å². The molecule has 1 fully saturated rings. The summed E-state index contributed by atoms with van der Waals surface area (Å²) in [5.74, 6) is -0.110. The smallest absolute Gasteiger partial charge is 0.307 e. The van der Waals surface area contributed by atoms with E-state index >= 15 is 0 Å². The molecule has 4 heteroatoms. The van der Waals surface area contributed by atoms with Crippen LogP contribution in [-0.4, -0.2) is 17.6 Å². The van der Waals surface area contributed by atoms with Crippen molar-refractivity contribution < 1.29 is 14.3 Å². The number of carboxylic acid groups (broad SMARTS) is 1. The summed E-state index contributed by atoms with van der Waals surface area (Å²) in [5.41, 5.74) is 3.11. The molecule has 19 heavy (non-hydrogen) atoms. The Morgan fingerprint density at radius 2 is 2.21 bits per heavy atom. The molecule has 2 atom stereocenters. The van der Waals surface area contributed by atoms with Crippen molar-refractivity contribution in [3.05, 3.63) is 35.1 Å². The average Bonchev–Trinajstić information content (AvgIpc) is 2.96. The van der Waals surface area contributed by atoms with Gasteiger partial charge in [-0.05, 0) is 25.8 Å². The number of aliphatic carboxylic acids is 1. The third-order valence-corrected chi connectivity index (χ3v) is 4.09. The molecule has 0 radical (unpaired) electrons. The molecule has 2 unspecified atom stereocenters. The van der Waals surface area contributed by atoms with E-state index < -0.39 is 5.97 Å². The lowest BCUT2D eigenvalue weighted by Crippen LogP contribution is -2.17. The summed E-state index contributed by atoms with van der Waals surface area (Å²) < 4.78 is 5.85. The van der Waals surface area contributed by atoms with Crippen molar-refractivity contribution >= 4 is 16.9 Å². The monoisotopic (exact) mass is 259 g/mol. The Hall–Kier alpha value is -1.81. The van der Waals surface area contributed by atoms with Crippen LogP contribution in [0.15, 0.2) is 22.6 Å². The Labute approximate surface area is 111 Å². The van der Waals surface area contributed by atoms with Crippen LogP contribution >= 0.6 is 0 Å². The number of hydrogen-bond donors (Lipinski definition) is 2. The van der Waals surface area contributed by atoms with Crippen molar-refractivity contribution in [2.24, 2.45) is 5.92 Å². The van der Waals surface area contributed by atoms with Gasteiger partial charge in [-0.15, -0.1) is 0 Å². The van der Waals surface area contributed by atoms with Crippen molar-refractivity contribution in [3.8, 4) is 0 Å². The molecule has 1 aromatic heterocycles. The number of carboxylic acids is 1. The molecule has 2 aromatic rings. The molecule has 1 aliphatic rings. The van der Waals surface area contributed by atoms with Crippen LogP contribution in [-0.2, 0) is 4.79 Å². The standard InChI is InChI=1S/C15H17NO3/c1-8-9(2)19-14-11(8)4-3-5-12(14)13-6-10(7-16-13)15(17)18/h3-5,10,13,16H,6-7H2,1-2H3,(H,17,18). The van der Waals surface area contributed by atoms with Crippen LogP contribution in [0.5, 0.6) is 0 Å². The maximum atomic E-state index is 11.0. The number of fused-ring (bicyclic) bond motifs is 1. The largest absolute Gasteiger partial charge is 0.481 e. The van der Waals surface area contributed by atoms with Crippen molar-refractivity contribution in [1.82, 2.24) is 5.32 Å². The topological polar surface area (TPSA) is 62.5 Å². The SMILES string of the molecule is Cc1oc2c(C3CC(C(=O)O)CN3)cccc2c1C. The van der Waals surface area contributed by atoms with E-state index in [-0.39, 0.29) is 12.0 Å². The van der Waals surface area contributed by atoms with Gasteiger partial charge in [0.15, 0.2) is 0 Å². The molecule has 0 aliphatic carbocycles. The quantitative estimate of drug-likeness (QED) is 0.870. The predicted molar refractivity (Wildman–Crippen MR) is 72.2 cm³/mol. The molecule has 0 spiro atoms. The molecule has 1 aromatic carbocycles. The molecule has 0 saturated carbocycles. The van der Waals surface area contributed by atoms with E-state index in [2.05, 4.69) is 5.32 Å². The van der Waals surface area contributed by atoms with Crippen LogP contribution in [0.3, 0.4) is 0 Å². The fraction of sp³-hybridized carbons (Fsp3) is 0.400. The predicted octanol–water partition coefficient (Wildman–Crippen LogP) is 2.78. The van der Waals surface area contributed by atoms with E-state index in [0.29, 0.717) is 13.0 Å². The number of hydrogen-bond acceptors (Lipinski definition) is 3. The summed E-state index contributed by atoms with van der Waals surface area (Å²) in [6.45, 7) is 4.53. The van der Waals surface area contributed by atoms with Crippen LogP contribution in [0, 0.1) is 19.8 Å². The summed E-state index contributed by atoms with van der Waals surface area (Å²) in [6.07, 6.45) is 0.618. The van der Waals surface area contributed by atoms with Crippen LogP contribution in [0.25, 0.3) is 11.0 Å². The fourth-order valence-corrected chi connectivity index (χ4v) is 2.82. The van der Waals surface area contributed by atoms with E-state index in [1.807, 2.05) is 32.0 Å². The summed E-state index contributed by atoms with van der Waals surface area (Å²) in [4.78, 5) is 11.0.